The number of hydrogen-bond acceptors (Lipinski definition) is 12. The molecule has 128 valence electrons. The third-order valence-electron chi connectivity index (χ3n) is 0. The van der Waals surface area contributed by atoms with E-state index in [-0.39, 0.29) is 79.2 Å². The SMILES string of the molecule is O.O=S(=O)([O-])[O-].O=S(=O)([O-])[O-].O=S(=O)([O-])[O-].[Lu+3].[Lu+3]. The Labute approximate surface area is 160 Å². The number of hydrogen-bond donors (Lipinski definition) is 0. The summed E-state index contributed by atoms with van der Waals surface area (Å²) in [5, 5.41) is 0. The molecule has 0 radical (unpaired) electrons. The van der Waals surface area contributed by atoms with Crippen molar-refractivity contribution in [2.24, 2.45) is 0 Å². The van der Waals surface area contributed by atoms with Crippen LogP contribution in [-0.4, -0.2) is 58.0 Å². The fourth-order valence-electron chi connectivity index (χ4n) is 0. The molecular formula is H2Lu2O13S3. The van der Waals surface area contributed by atoms with Gasteiger partial charge in [0.05, 0.1) is 0 Å². The zero-order valence-corrected chi connectivity index (χ0v) is 12.9. The largest absolute Gasteiger partial charge is 3.00 e. The molecule has 0 fully saturated rings. The van der Waals surface area contributed by atoms with Crippen molar-refractivity contribution in [3.8, 4) is 0 Å². The minimum atomic E-state index is -5.17. The summed E-state index contributed by atoms with van der Waals surface area (Å²) in [5.41, 5.74) is 0. The van der Waals surface area contributed by atoms with E-state index in [1.807, 2.05) is 0 Å². The summed E-state index contributed by atoms with van der Waals surface area (Å²) < 4.78 is 102. The quantitative estimate of drug-likeness (QED) is 0.175. The zero-order valence-electron chi connectivity index (χ0n) is 7.14. The molecule has 0 amide bonds. The second-order valence-electron chi connectivity index (χ2n) is 1.22. The molecule has 0 heterocycles. The van der Waals surface area contributed by atoms with Crippen LogP contribution in [0.3, 0.4) is 0 Å². The van der Waals surface area contributed by atoms with Crippen LogP contribution >= 0.6 is 0 Å². The van der Waals surface area contributed by atoms with Crippen LogP contribution in [0.5, 0.6) is 0 Å². The monoisotopic (exact) mass is 656 g/mol. The first-order valence-corrected chi connectivity index (χ1v) is 6.00. The standard InChI is InChI=1S/2Lu.3H2O4S.H2O/c;;3*1-5(2,3)4;/h;;3*(H2,1,2,3,4);1H2/q2*+3;;;;/p-6. The third kappa shape index (κ3) is 1260. The molecule has 0 saturated heterocycles. The Morgan fingerprint density at radius 2 is 0.444 bits per heavy atom. The molecule has 0 aliphatic heterocycles. The molecule has 0 aromatic rings. The van der Waals surface area contributed by atoms with E-state index in [1.165, 1.54) is 0 Å². The Morgan fingerprint density at radius 1 is 0.444 bits per heavy atom. The van der Waals surface area contributed by atoms with Crippen molar-refractivity contribution in [2.75, 3.05) is 0 Å². The van der Waals surface area contributed by atoms with Gasteiger partial charge in [0.25, 0.3) is 0 Å². The van der Waals surface area contributed by atoms with E-state index < -0.39 is 31.2 Å². The smallest absolute Gasteiger partial charge is 0.759 e. The van der Waals surface area contributed by atoms with Gasteiger partial charge < -0.3 is 32.8 Å². The summed E-state index contributed by atoms with van der Waals surface area (Å²) in [5.74, 6) is 0. The third-order valence-corrected chi connectivity index (χ3v) is 0. The van der Waals surface area contributed by atoms with E-state index in [0.29, 0.717) is 0 Å². The second kappa shape index (κ2) is 15.4. The van der Waals surface area contributed by atoms with Gasteiger partial charge in [-0.25, -0.2) is 0 Å². The van der Waals surface area contributed by atoms with Crippen LogP contribution in [0, 0.1) is 73.7 Å². The van der Waals surface area contributed by atoms with E-state index in [0.717, 1.165) is 0 Å². The normalized spacial score (nSPS) is 9.67. The fourth-order valence-corrected chi connectivity index (χ4v) is 0. The molecule has 0 saturated carbocycles. The van der Waals surface area contributed by atoms with Crippen molar-refractivity contribution in [3.05, 3.63) is 0 Å². The Bertz CT molecular complexity index is 341. The van der Waals surface area contributed by atoms with Gasteiger partial charge in [-0.05, 0) is 0 Å². The predicted molar refractivity (Wildman–Crippen MR) is 35.0 cm³/mol. The summed E-state index contributed by atoms with van der Waals surface area (Å²) in [4.78, 5) is 0. The van der Waals surface area contributed by atoms with E-state index in [1.54, 1.807) is 0 Å². The average molecular weight is 656 g/mol. The molecule has 0 aliphatic rings. The molecule has 0 spiro atoms. The van der Waals surface area contributed by atoms with Crippen molar-refractivity contribution < 1.29 is 132 Å². The molecule has 0 aromatic carbocycles. The number of rotatable bonds is 0. The van der Waals surface area contributed by atoms with Gasteiger partial charge in [0.2, 0.25) is 0 Å². The van der Waals surface area contributed by atoms with Crippen LogP contribution in [0.25, 0.3) is 0 Å². The van der Waals surface area contributed by atoms with Gasteiger partial charge in [-0.2, -0.15) is 0 Å². The van der Waals surface area contributed by atoms with Crippen LogP contribution in [0.2, 0.25) is 0 Å². The molecule has 18 heavy (non-hydrogen) atoms. The van der Waals surface area contributed by atoms with E-state index in [9.17, 15) is 0 Å². The zero-order chi connectivity index (χ0) is 13.5. The average Bonchev–Trinajstić information content (AvgIpc) is 1.41. The molecule has 13 nitrogen and oxygen atoms in total. The molecule has 0 unspecified atom stereocenters. The summed E-state index contributed by atoms with van der Waals surface area (Å²) >= 11 is 0. The van der Waals surface area contributed by atoms with Crippen molar-refractivity contribution in [3.63, 3.8) is 0 Å². The van der Waals surface area contributed by atoms with Crippen molar-refractivity contribution in [1.82, 2.24) is 0 Å². The molecule has 0 aromatic heterocycles. The second-order valence-corrected chi connectivity index (χ2v) is 3.67. The Kier molecular flexibility index (Phi) is 31.6. The predicted octanol–water partition coefficient (Wildman–Crippen LogP) is -4.84. The Hall–Kier alpha value is 2.04. The molecule has 18 heteroatoms. The van der Waals surface area contributed by atoms with Gasteiger partial charge in [-0.15, -0.1) is 0 Å². The molecule has 0 aliphatic carbocycles. The first kappa shape index (κ1) is 36.9. The van der Waals surface area contributed by atoms with Crippen molar-refractivity contribution in [2.45, 2.75) is 0 Å². The van der Waals surface area contributed by atoms with E-state index >= 15 is 0 Å². The van der Waals surface area contributed by atoms with Crippen LogP contribution in [0.4, 0.5) is 0 Å². The maximum absolute atomic E-state index is 8.52. The van der Waals surface area contributed by atoms with Gasteiger partial charge in [0.1, 0.15) is 0 Å². The van der Waals surface area contributed by atoms with Gasteiger partial charge >= 0.3 is 73.7 Å². The summed E-state index contributed by atoms with van der Waals surface area (Å²) in [7, 11) is -15.5. The van der Waals surface area contributed by atoms with E-state index in [4.69, 9.17) is 52.6 Å². The molecule has 2 N–H and O–H groups in total. The summed E-state index contributed by atoms with van der Waals surface area (Å²) in [6.45, 7) is 0. The first-order valence-electron chi connectivity index (χ1n) is 2.00. The first-order chi connectivity index (χ1) is 6.00. The van der Waals surface area contributed by atoms with Crippen LogP contribution < -0.4 is 0 Å². The van der Waals surface area contributed by atoms with Gasteiger partial charge in [-0.1, -0.05) is 0 Å². The van der Waals surface area contributed by atoms with E-state index in [2.05, 4.69) is 0 Å². The minimum Gasteiger partial charge on any atom is -0.759 e. The fraction of sp³-hybridized carbons (Fsp3) is 0. The van der Waals surface area contributed by atoms with Gasteiger partial charge in [0.15, 0.2) is 0 Å². The maximum Gasteiger partial charge on any atom is 3.00 e. The van der Waals surface area contributed by atoms with Crippen molar-refractivity contribution in [1.29, 1.82) is 0 Å². The van der Waals surface area contributed by atoms with Gasteiger partial charge in [0, 0.05) is 31.2 Å². The minimum absolute atomic E-state index is 0. The molecule has 0 atom stereocenters. The Balaban J connectivity index is -0.0000000277. The van der Waals surface area contributed by atoms with Crippen LogP contribution in [0.1, 0.15) is 0 Å². The Morgan fingerprint density at radius 3 is 0.444 bits per heavy atom. The molecule has 0 bridgehead atoms. The summed E-state index contributed by atoms with van der Waals surface area (Å²) in [6, 6.07) is 0. The maximum atomic E-state index is 8.52. The molecular weight excluding hydrogens is 654 g/mol. The van der Waals surface area contributed by atoms with Crippen molar-refractivity contribution >= 4 is 31.2 Å². The topological polar surface area (TPSA) is 272 Å². The van der Waals surface area contributed by atoms with Crippen LogP contribution in [0.15, 0.2) is 0 Å². The summed E-state index contributed by atoms with van der Waals surface area (Å²) in [6.07, 6.45) is 0. The van der Waals surface area contributed by atoms with Gasteiger partial charge in [-0.3, -0.25) is 25.3 Å². The molecule has 0 rings (SSSR count). The van der Waals surface area contributed by atoms with Crippen LogP contribution in [-0.2, 0) is 31.2 Å².